The zero-order chi connectivity index (χ0) is 24.6. The Morgan fingerprint density at radius 3 is 1.79 bits per heavy atom. The van der Waals surface area contributed by atoms with Crippen molar-refractivity contribution in [2.24, 2.45) is 0 Å². The molecule has 0 radical (unpaired) electrons. The number of nitrogens with zero attached hydrogens (tertiary/aromatic N) is 1. The number of hydrogen-bond donors (Lipinski definition) is 0. The van der Waals surface area contributed by atoms with Crippen LogP contribution in [0.4, 0.5) is 32.0 Å². The summed E-state index contributed by atoms with van der Waals surface area (Å²) in [6.07, 6.45) is -9.50. The number of amides is 2. The van der Waals surface area contributed by atoms with E-state index in [1.807, 2.05) is 0 Å². The van der Waals surface area contributed by atoms with Gasteiger partial charge in [0.05, 0.1) is 31.0 Å². The van der Waals surface area contributed by atoms with E-state index in [1.54, 1.807) is 0 Å². The van der Waals surface area contributed by atoms with Crippen LogP contribution >= 0.6 is 0 Å². The van der Waals surface area contributed by atoms with Crippen LogP contribution in [0.3, 0.4) is 0 Å². The maximum absolute atomic E-state index is 13.0. The molecule has 0 aromatic heterocycles. The van der Waals surface area contributed by atoms with Crippen LogP contribution < -0.4 is 23.8 Å². The molecule has 0 spiro atoms. The summed E-state index contributed by atoms with van der Waals surface area (Å²) in [6, 6.07) is 5.23. The van der Waals surface area contributed by atoms with Crippen LogP contribution in [0.25, 0.3) is 0 Å². The number of carbonyl (C=O) groups is 2. The van der Waals surface area contributed by atoms with Crippen molar-refractivity contribution in [2.45, 2.75) is 12.4 Å². The predicted molar refractivity (Wildman–Crippen MR) is 100 cm³/mol. The van der Waals surface area contributed by atoms with E-state index in [1.165, 1.54) is 26.4 Å². The number of alkyl halides is 6. The molecule has 0 atom stereocenters. The lowest BCUT2D eigenvalue weighted by atomic mass is 10.1. The number of carbonyl (C=O) groups excluding carboxylic acids is 2. The van der Waals surface area contributed by atoms with Crippen LogP contribution in [0.1, 0.15) is 20.7 Å². The van der Waals surface area contributed by atoms with Crippen LogP contribution in [0.2, 0.25) is 0 Å². The third kappa shape index (κ3) is 5.23. The van der Waals surface area contributed by atoms with Gasteiger partial charge in [-0.15, -0.1) is 0 Å². The molecule has 0 saturated carbocycles. The van der Waals surface area contributed by atoms with Crippen LogP contribution in [0.15, 0.2) is 30.3 Å². The number of hydrogen-bond acceptors (Lipinski definition) is 6. The molecule has 0 bridgehead atoms. The molecule has 2 aromatic rings. The zero-order valence-electron chi connectivity index (χ0n) is 17.0. The highest BCUT2D eigenvalue weighted by molar-refractivity contribution is 6.35. The van der Waals surface area contributed by atoms with E-state index in [4.69, 9.17) is 9.47 Å². The van der Waals surface area contributed by atoms with Gasteiger partial charge < -0.3 is 18.9 Å². The summed E-state index contributed by atoms with van der Waals surface area (Å²) in [5.41, 5.74) is -0.641. The van der Waals surface area contributed by atoms with Gasteiger partial charge in [0.25, 0.3) is 11.8 Å². The zero-order valence-corrected chi connectivity index (χ0v) is 17.0. The number of anilines is 1. The van der Waals surface area contributed by atoms with Crippen molar-refractivity contribution >= 4 is 17.5 Å². The van der Waals surface area contributed by atoms with E-state index in [9.17, 15) is 35.9 Å². The quantitative estimate of drug-likeness (QED) is 0.434. The largest absolute Gasteiger partial charge is 0.493 e. The molecule has 0 unspecified atom stereocenters. The minimum absolute atomic E-state index is 0.0612. The van der Waals surface area contributed by atoms with E-state index in [0.717, 1.165) is 18.2 Å². The van der Waals surface area contributed by atoms with E-state index >= 15 is 0 Å². The van der Waals surface area contributed by atoms with Crippen molar-refractivity contribution in [3.8, 4) is 23.0 Å². The first kappa shape index (κ1) is 24.0. The van der Waals surface area contributed by atoms with Crippen molar-refractivity contribution in [2.75, 3.05) is 32.3 Å². The molecule has 1 aliphatic heterocycles. The Labute approximate surface area is 182 Å². The van der Waals surface area contributed by atoms with Crippen LogP contribution in [-0.2, 0) is 0 Å². The number of benzene rings is 2. The number of ether oxygens (including phenoxy) is 4. The highest BCUT2D eigenvalue weighted by Crippen LogP contribution is 2.41. The third-order valence-electron chi connectivity index (χ3n) is 4.32. The SMILES string of the molecule is COc1ccc2c(c1OC)C(=O)N(c1cc(OCC(F)(F)F)cc(OCC(F)(F)F)c1)C2=O. The summed E-state index contributed by atoms with van der Waals surface area (Å²) < 4.78 is 94.8. The van der Waals surface area contributed by atoms with Crippen molar-refractivity contribution < 1.29 is 54.9 Å². The molecule has 0 saturated heterocycles. The smallest absolute Gasteiger partial charge is 0.422 e. The number of halogens is 6. The Hall–Kier alpha value is -3.64. The first-order valence-corrected chi connectivity index (χ1v) is 9.02. The minimum Gasteiger partial charge on any atom is -0.493 e. The molecule has 33 heavy (non-hydrogen) atoms. The van der Waals surface area contributed by atoms with Gasteiger partial charge in [0.2, 0.25) is 0 Å². The molecule has 7 nitrogen and oxygen atoms in total. The van der Waals surface area contributed by atoms with E-state index in [0.29, 0.717) is 4.90 Å². The molecular formula is C20H15F6NO6. The van der Waals surface area contributed by atoms with Gasteiger partial charge >= 0.3 is 12.4 Å². The van der Waals surface area contributed by atoms with Crippen molar-refractivity contribution in [1.29, 1.82) is 0 Å². The summed E-state index contributed by atoms with van der Waals surface area (Å²) in [5.74, 6) is -2.87. The average Bonchev–Trinajstić information content (AvgIpc) is 2.99. The first-order chi connectivity index (χ1) is 15.3. The van der Waals surface area contributed by atoms with E-state index < -0.39 is 48.9 Å². The summed E-state index contributed by atoms with van der Waals surface area (Å²) in [7, 11) is 2.53. The Morgan fingerprint density at radius 1 is 0.788 bits per heavy atom. The van der Waals surface area contributed by atoms with Crippen LogP contribution in [-0.4, -0.2) is 51.6 Å². The van der Waals surface area contributed by atoms with Crippen molar-refractivity contribution in [3.63, 3.8) is 0 Å². The normalized spacial score (nSPS) is 13.8. The molecule has 13 heteroatoms. The molecule has 2 amide bonds. The fourth-order valence-corrected chi connectivity index (χ4v) is 3.06. The molecule has 1 heterocycles. The molecule has 1 aliphatic rings. The summed E-state index contributed by atoms with van der Waals surface area (Å²) >= 11 is 0. The number of rotatable bonds is 7. The molecule has 0 fully saturated rings. The van der Waals surface area contributed by atoms with Gasteiger partial charge in [0.1, 0.15) is 11.5 Å². The van der Waals surface area contributed by atoms with Gasteiger partial charge in [-0.25, -0.2) is 4.90 Å². The Bertz CT molecular complexity index is 1050. The second kappa shape index (κ2) is 8.71. The summed E-state index contributed by atoms with van der Waals surface area (Å²) in [5, 5.41) is 0. The van der Waals surface area contributed by atoms with Crippen LogP contribution in [0, 0.1) is 0 Å². The molecule has 0 aliphatic carbocycles. The standard InChI is InChI=1S/C20H15F6NO6/c1-30-14-4-3-13-15(16(14)31-2)18(29)27(17(13)28)10-5-11(32-8-19(21,22)23)7-12(6-10)33-9-20(24,25)26/h3-7H,8-9H2,1-2H3. The van der Waals surface area contributed by atoms with Crippen LogP contribution in [0.5, 0.6) is 23.0 Å². The fraction of sp³-hybridized carbons (Fsp3) is 0.300. The minimum atomic E-state index is -4.75. The molecule has 178 valence electrons. The number of imide groups is 1. The summed E-state index contributed by atoms with van der Waals surface area (Å²) in [4.78, 5) is 26.5. The van der Waals surface area contributed by atoms with Gasteiger partial charge in [-0.1, -0.05) is 0 Å². The maximum Gasteiger partial charge on any atom is 0.422 e. The highest BCUT2D eigenvalue weighted by Gasteiger charge is 2.41. The second-order valence-corrected chi connectivity index (χ2v) is 6.64. The monoisotopic (exact) mass is 479 g/mol. The first-order valence-electron chi connectivity index (χ1n) is 9.02. The van der Waals surface area contributed by atoms with Gasteiger partial charge in [-0.3, -0.25) is 9.59 Å². The van der Waals surface area contributed by atoms with E-state index in [-0.39, 0.29) is 28.3 Å². The van der Waals surface area contributed by atoms with Crippen molar-refractivity contribution in [1.82, 2.24) is 0 Å². The molecule has 0 N–H and O–H groups in total. The molecular weight excluding hydrogens is 464 g/mol. The molecule has 2 aromatic carbocycles. The van der Waals surface area contributed by atoms with Crippen molar-refractivity contribution in [3.05, 3.63) is 41.5 Å². The highest BCUT2D eigenvalue weighted by atomic mass is 19.4. The third-order valence-corrected chi connectivity index (χ3v) is 4.32. The maximum atomic E-state index is 13.0. The number of methoxy groups -OCH3 is 2. The van der Waals surface area contributed by atoms with Gasteiger partial charge in [0.15, 0.2) is 24.7 Å². The lowest BCUT2D eigenvalue weighted by Crippen LogP contribution is -2.29. The Morgan fingerprint density at radius 2 is 1.33 bits per heavy atom. The predicted octanol–water partition coefficient (Wildman–Crippen LogP) is 4.39. The topological polar surface area (TPSA) is 74.3 Å². The van der Waals surface area contributed by atoms with Gasteiger partial charge in [0, 0.05) is 18.2 Å². The fourth-order valence-electron chi connectivity index (χ4n) is 3.06. The number of fused-ring (bicyclic) bond motifs is 1. The Balaban J connectivity index is 2.04. The summed E-state index contributed by atoms with van der Waals surface area (Å²) in [6.45, 7) is -3.52. The average molecular weight is 479 g/mol. The second-order valence-electron chi connectivity index (χ2n) is 6.64. The van der Waals surface area contributed by atoms with Gasteiger partial charge in [-0.05, 0) is 12.1 Å². The Kier molecular flexibility index (Phi) is 6.34. The van der Waals surface area contributed by atoms with Gasteiger partial charge in [-0.2, -0.15) is 26.3 Å². The van der Waals surface area contributed by atoms with E-state index in [2.05, 4.69) is 9.47 Å². The lowest BCUT2D eigenvalue weighted by Gasteiger charge is -2.18. The molecule has 3 rings (SSSR count). The lowest BCUT2D eigenvalue weighted by molar-refractivity contribution is -0.153.